The molecular weight excluding hydrogens is 565 g/mol. The number of primary sulfonamides is 1. The zero-order valence-electron chi connectivity index (χ0n) is 20.6. The summed E-state index contributed by atoms with van der Waals surface area (Å²) in [7, 11) is -8.08. The van der Waals surface area contributed by atoms with E-state index >= 15 is 0 Å². The molecule has 39 heavy (non-hydrogen) atoms. The third-order valence-electron chi connectivity index (χ3n) is 6.69. The average molecular weight is 590 g/mol. The summed E-state index contributed by atoms with van der Waals surface area (Å²) in [5.41, 5.74) is 2.18. The summed E-state index contributed by atoms with van der Waals surface area (Å²) in [4.78, 5) is 1.50. The molecule has 1 fully saturated rings. The van der Waals surface area contributed by atoms with E-state index in [1.165, 1.54) is 41.4 Å². The van der Waals surface area contributed by atoms with Crippen LogP contribution in [-0.2, 0) is 20.0 Å². The summed E-state index contributed by atoms with van der Waals surface area (Å²) >= 11 is 5.93. The van der Waals surface area contributed by atoms with Gasteiger partial charge in [-0.3, -0.25) is 0 Å². The monoisotopic (exact) mass is 589 g/mol. The molecule has 2 heterocycles. The molecule has 0 amide bonds. The van der Waals surface area contributed by atoms with Gasteiger partial charge in [-0.05, 0) is 53.9 Å². The predicted octanol–water partition coefficient (Wildman–Crippen LogP) is 3.39. The molecule has 3 aromatic carbocycles. The highest BCUT2D eigenvalue weighted by Gasteiger charge is 2.39. The molecule has 0 unspecified atom stereocenters. The molecule has 2 aliphatic rings. The maximum absolute atomic E-state index is 13.7. The Hall–Kier alpha value is -3.32. The van der Waals surface area contributed by atoms with E-state index in [9.17, 15) is 21.2 Å². The first kappa shape index (κ1) is 27.3. The van der Waals surface area contributed by atoms with E-state index in [4.69, 9.17) is 21.8 Å². The minimum absolute atomic E-state index is 0.0193. The molecular formula is C26H25ClFN5O4S2. The zero-order valence-corrected chi connectivity index (χ0v) is 22.9. The molecule has 0 aliphatic carbocycles. The highest BCUT2D eigenvalue weighted by atomic mass is 35.5. The molecule has 0 spiro atoms. The van der Waals surface area contributed by atoms with Crippen LogP contribution in [0.25, 0.3) is 0 Å². The van der Waals surface area contributed by atoms with Crippen LogP contribution in [0.15, 0.2) is 93.3 Å². The van der Waals surface area contributed by atoms with Gasteiger partial charge in [0.05, 0.1) is 22.4 Å². The number of nitrogens with zero attached hydrogens (tertiary/aromatic N) is 4. The van der Waals surface area contributed by atoms with Crippen LogP contribution in [0.5, 0.6) is 0 Å². The molecule has 204 valence electrons. The highest BCUT2D eigenvalue weighted by molar-refractivity contribution is 7.90. The van der Waals surface area contributed by atoms with Crippen molar-refractivity contribution >= 4 is 43.3 Å². The van der Waals surface area contributed by atoms with Crippen molar-refractivity contribution in [3.63, 3.8) is 0 Å². The van der Waals surface area contributed by atoms with Crippen molar-refractivity contribution in [3.8, 4) is 0 Å². The lowest BCUT2D eigenvalue weighted by Crippen LogP contribution is -2.42. The van der Waals surface area contributed by atoms with Gasteiger partial charge in [0.25, 0.3) is 10.0 Å². The van der Waals surface area contributed by atoms with Gasteiger partial charge < -0.3 is 4.90 Å². The highest BCUT2D eigenvalue weighted by Crippen LogP contribution is 2.31. The Labute approximate surface area is 231 Å². The summed E-state index contributed by atoms with van der Waals surface area (Å²) in [6, 6.07) is 21.0. The molecule has 2 atom stereocenters. The van der Waals surface area contributed by atoms with Crippen LogP contribution in [-0.4, -0.2) is 63.3 Å². The number of guanidine groups is 1. The predicted molar refractivity (Wildman–Crippen MR) is 148 cm³/mol. The number of hydrazone groups is 1. The van der Waals surface area contributed by atoms with Gasteiger partial charge in [-0.2, -0.15) is 13.5 Å². The Morgan fingerprint density at radius 2 is 1.62 bits per heavy atom. The van der Waals surface area contributed by atoms with Crippen LogP contribution in [0, 0.1) is 5.82 Å². The maximum atomic E-state index is 13.7. The molecule has 2 N–H and O–H groups in total. The first-order valence-corrected chi connectivity index (χ1v) is 15.5. The van der Waals surface area contributed by atoms with Crippen LogP contribution in [0.2, 0.25) is 5.02 Å². The lowest BCUT2D eigenvalue weighted by Gasteiger charge is -2.26. The second-order valence-electron chi connectivity index (χ2n) is 9.30. The van der Waals surface area contributed by atoms with Crippen LogP contribution in [0.3, 0.4) is 0 Å². The number of sulfonamides is 2. The van der Waals surface area contributed by atoms with E-state index in [0.29, 0.717) is 16.3 Å². The van der Waals surface area contributed by atoms with Gasteiger partial charge in [-0.25, -0.2) is 23.0 Å². The number of halogens is 2. The summed E-state index contributed by atoms with van der Waals surface area (Å²) in [6.07, 6.45) is 0.212. The van der Waals surface area contributed by atoms with E-state index in [0.717, 1.165) is 5.56 Å². The zero-order chi connectivity index (χ0) is 27.8. The van der Waals surface area contributed by atoms with E-state index in [2.05, 4.69) is 4.40 Å². The van der Waals surface area contributed by atoms with Crippen LogP contribution in [0.4, 0.5) is 4.39 Å². The van der Waals surface area contributed by atoms with Crippen molar-refractivity contribution < 1.29 is 21.2 Å². The summed E-state index contributed by atoms with van der Waals surface area (Å²) in [6.45, 7) is 0.397. The Morgan fingerprint density at radius 1 is 0.949 bits per heavy atom. The van der Waals surface area contributed by atoms with Gasteiger partial charge in [0.2, 0.25) is 16.0 Å². The van der Waals surface area contributed by atoms with Gasteiger partial charge in [0.1, 0.15) is 5.82 Å². The van der Waals surface area contributed by atoms with Gasteiger partial charge in [-0.15, -0.1) is 4.40 Å². The molecule has 0 aromatic heterocycles. The minimum atomic E-state index is -4.23. The molecule has 1 saturated heterocycles. The lowest BCUT2D eigenvalue weighted by atomic mass is 9.91. The Morgan fingerprint density at radius 3 is 2.23 bits per heavy atom. The normalized spacial score (nSPS) is 20.4. The lowest BCUT2D eigenvalue weighted by molar-refractivity contribution is 0.376. The summed E-state index contributed by atoms with van der Waals surface area (Å²) in [5.74, 6) is -0.709. The minimum Gasteiger partial charge on any atom is -0.339 e. The number of hydrogen-bond donors (Lipinski definition) is 1. The maximum Gasteiger partial charge on any atom is 0.285 e. The Balaban J connectivity index is 1.60. The Kier molecular flexibility index (Phi) is 7.47. The number of rotatable bonds is 5. The number of nitrogens with two attached hydrogens (primary N) is 1. The van der Waals surface area contributed by atoms with Gasteiger partial charge in [-0.1, -0.05) is 54.1 Å². The fraction of sp³-hybridized carbons (Fsp3) is 0.231. The van der Waals surface area contributed by atoms with E-state index in [1.54, 1.807) is 17.0 Å². The van der Waals surface area contributed by atoms with Crippen molar-refractivity contribution in [1.82, 2.24) is 9.91 Å². The molecule has 9 nitrogen and oxygen atoms in total. The van der Waals surface area contributed by atoms with E-state index in [-0.39, 0.29) is 42.8 Å². The van der Waals surface area contributed by atoms with Gasteiger partial charge in [0, 0.05) is 24.0 Å². The Bertz CT molecular complexity index is 1630. The quantitative estimate of drug-likeness (QED) is 0.359. The molecule has 0 bridgehead atoms. The summed E-state index contributed by atoms with van der Waals surface area (Å²) in [5, 5.41) is 11.1. The smallest absolute Gasteiger partial charge is 0.285 e. The molecule has 0 radical (unpaired) electrons. The van der Waals surface area contributed by atoms with Crippen LogP contribution < -0.4 is 5.14 Å². The van der Waals surface area contributed by atoms with Crippen molar-refractivity contribution in [2.45, 2.75) is 22.5 Å². The number of likely N-dealkylation sites (tertiary alicyclic amines) is 1. The molecule has 3 aromatic rings. The van der Waals surface area contributed by atoms with E-state index in [1.807, 2.05) is 30.3 Å². The first-order valence-electron chi connectivity index (χ1n) is 12.1. The standard InChI is InChI=1S/C26H25ClFN5O4S2/c27-20-8-12-22(13-9-20)39(36,37)31-26(32-15-14-23(16-32)38(29,34)35)33-17-24(18-4-2-1-3-5-18)25(30-33)19-6-10-21(28)11-7-19/h1-13,23-24H,14-17H2,(H2,29,34,35)/b31-26-/t23-,24+/m1/s1. The number of benzene rings is 3. The van der Waals surface area contributed by atoms with Crippen molar-refractivity contribution in [1.29, 1.82) is 0 Å². The molecule has 2 aliphatic heterocycles. The van der Waals surface area contributed by atoms with Crippen molar-refractivity contribution in [2.24, 2.45) is 14.6 Å². The first-order chi connectivity index (χ1) is 18.5. The van der Waals surface area contributed by atoms with Gasteiger partial charge >= 0.3 is 0 Å². The van der Waals surface area contributed by atoms with E-state index < -0.39 is 31.1 Å². The third kappa shape index (κ3) is 5.98. The van der Waals surface area contributed by atoms with Crippen molar-refractivity contribution in [2.75, 3.05) is 19.6 Å². The van der Waals surface area contributed by atoms with Crippen LogP contribution in [0.1, 0.15) is 23.5 Å². The SMILES string of the molecule is NS(=O)(=O)[C@@H]1CCN(/C(=N/S(=O)(=O)c2ccc(Cl)cc2)N2C[C@@H](c3ccccc3)C(c3ccc(F)cc3)=N2)C1. The second-order valence-corrected chi connectivity index (χ2v) is 13.2. The summed E-state index contributed by atoms with van der Waals surface area (Å²) < 4.78 is 68.7. The third-order valence-corrected chi connectivity index (χ3v) is 9.53. The fourth-order valence-corrected chi connectivity index (χ4v) is 6.63. The number of hydrogen-bond acceptors (Lipinski definition) is 5. The van der Waals surface area contributed by atoms with Gasteiger partial charge in [0.15, 0.2) is 0 Å². The average Bonchev–Trinajstić information content (AvgIpc) is 3.57. The molecule has 13 heteroatoms. The van der Waals surface area contributed by atoms with Crippen LogP contribution >= 0.6 is 11.6 Å². The van der Waals surface area contributed by atoms with Crippen molar-refractivity contribution in [3.05, 3.63) is 101 Å². The molecule has 5 rings (SSSR count). The fourth-order valence-electron chi connectivity index (χ4n) is 4.67. The molecule has 0 saturated carbocycles. The second kappa shape index (κ2) is 10.7. The largest absolute Gasteiger partial charge is 0.339 e. The topological polar surface area (TPSA) is 126 Å².